The van der Waals surface area contributed by atoms with Crippen LogP contribution in [-0.4, -0.2) is 24.0 Å². The van der Waals surface area contributed by atoms with E-state index in [9.17, 15) is 0 Å². The minimum atomic E-state index is 0.694. The number of hydrogen-bond acceptors (Lipinski definition) is 4. The summed E-state index contributed by atoms with van der Waals surface area (Å²) in [4.78, 5) is 0. The summed E-state index contributed by atoms with van der Waals surface area (Å²) in [5.74, 6) is 1.54. The van der Waals surface area contributed by atoms with Crippen LogP contribution in [0.4, 0.5) is 5.69 Å². The van der Waals surface area contributed by atoms with E-state index in [1.165, 1.54) is 0 Å². The van der Waals surface area contributed by atoms with Gasteiger partial charge < -0.3 is 14.8 Å². The molecule has 1 N–H and O–H groups in total. The highest BCUT2D eigenvalue weighted by atomic mass is 16.5. The largest absolute Gasteiger partial charge is 0.497 e. The van der Waals surface area contributed by atoms with Crippen LogP contribution in [0.15, 0.2) is 30.5 Å². The quantitative estimate of drug-likeness (QED) is 0.878. The molecule has 0 fully saturated rings. The van der Waals surface area contributed by atoms with Crippen molar-refractivity contribution in [2.75, 3.05) is 19.5 Å². The van der Waals surface area contributed by atoms with Gasteiger partial charge in [0, 0.05) is 19.3 Å². The number of nitrogens with one attached hydrogen (secondary N) is 1. The van der Waals surface area contributed by atoms with Crippen LogP contribution < -0.4 is 14.8 Å². The molecule has 2 rings (SSSR count). The number of rotatable bonds is 5. The van der Waals surface area contributed by atoms with Gasteiger partial charge in [-0.05, 0) is 18.2 Å². The minimum absolute atomic E-state index is 0.694. The van der Waals surface area contributed by atoms with Crippen molar-refractivity contribution < 1.29 is 9.47 Å². The molecular weight excluding hydrogens is 230 g/mol. The Morgan fingerprint density at radius 3 is 2.67 bits per heavy atom. The van der Waals surface area contributed by atoms with E-state index in [2.05, 4.69) is 10.4 Å². The summed E-state index contributed by atoms with van der Waals surface area (Å²) in [6, 6.07) is 7.66. The van der Waals surface area contributed by atoms with E-state index in [1.807, 2.05) is 36.0 Å². The van der Waals surface area contributed by atoms with Crippen molar-refractivity contribution in [3.05, 3.63) is 36.2 Å². The number of ether oxygens (including phenoxy) is 2. The topological polar surface area (TPSA) is 48.3 Å². The Balaban J connectivity index is 2.11. The summed E-state index contributed by atoms with van der Waals surface area (Å²) >= 11 is 0. The molecule has 0 aliphatic rings. The Morgan fingerprint density at radius 1 is 1.22 bits per heavy atom. The number of anilines is 1. The standard InChI is InChI=1S/C13H17N3O2/c1-16-10(6-7-15-16)9-14-12-5-4-11(17-2)8-13(12)18-3/h4-8,14H,9H2,1-3H3. The first-order valence-electron chi connectivity index (χ1n) is 5.67. The van der Waals surface area contributed by atoms with Crippen molar-refractivity contribution in [3.8, 4) is 11.5 Å². The van der Waals surface area contributed by atoms with Gasteiger partial charge >= 0.3 is 0 Å². The van der Waals surface area contributed by atoms with Crippen molar-refractivity contribution in [2.24, 2.45) is 7.05 Å². The Hall–Kier alpha value is -2.17. The second-order valence-corrected chi connectivity index (χ2v) is 3.87. The lowest BCUT2D eigenvalue weighted by Crippen LogP contribution is -2.06. The zero-order valence-corrected chi connectivity index (χ0v) is 10.8. The fraction of sp³-hybridized carbons (Fsp3) is 0.308. The molecule has 5 nitrogen and oxygen atoms in total. The summed E-state index contributed by atoms with van der Waals surface area (Å²) in [7, 11) is 5.20. The Kier molecular flexibility index (Phi) is 3.72. The second-order valence-electron chi connectivity index (χ2n) is 3.87. The van der Waals surface area contributed by atoms with E-state index in [-0.39, 0.29) is 0 Å². The highest BCUT2D eigenvalue weighted by Gasteiger charge is 2.05. The SMILES string of the molecule is COc1ccc(NCc2ccnn2C)c(OC)c1. The minimum Gasteiger partial charge on any atom is -0.497 e. The molecule has 0 radical (unpaired) electrons. The Labute approximate surface area is 106 Å². The molecule has 0 spiro atoms. The van der Waals surface area contributed by atoms with E-state index in [4.69, 9.17) is 9.47 Å². The number of methoxy groups -OCH3 is 2. The lowest BCUT2D eigenvalue weighted by Gasteiger charge is -2.12. The summed E-state index contributed by atoms with van der Waals surface area (Å²) in [6.07, 6.45) is 1.78. The fourth-order valence-corrected chi connectivity index (χ4v) is 1.71. The van der Waals surface area contributed by atoms with Gasteiger partial charge in [0.25, 0.3) is 0 Å². The Morgan fingerprint density at radius 2 is 2.06 bits per heavy atom. The lowest BCUT2D eigenvalue weighted by atomic mass is 10.2. The number of benzene rings is 1. The van der Waals surface area contributed by atoms with E-state index >= 15 is 0 Å². The molecule has 18 heavy (non-hydrogen) atoms. The van der Waals surface area contributed by atoms with Crippen LogP contribution in [-0.2, 0) is 13.6 Å². The molecule has 0 bridgehead atoms. The molecule has 5 heteroatoms. The van der Waals surface area contributed by atoms with Crippen molar-refractivity contribution in [1.29, 1.82) is 0 Å². The van der Waals surface area contributed by atoms with Crippen molar-refractivity contribution in [2.45, 2.75) is 6.54 Å². The van der Waals surface area contributed by atoms with Crippen LogP contribution >= 0.6 is 0 Å². The summed E-state index contributed by atoms with van der Waals surface area (Å²) in [5, 5.41) is 7.44. The number of aryl methyl sites for hydroxylation is 1. The van der Waals surface area contributed by atoms with E-state index in [1.54, 1.807) is 20.4 Å². The van der Waals surface area contributed by atoms with Gasteiger partial charge in [0.15, 0.2) is 0 Å². The molecule has 2 aromatic rings. The highest BCUT2D eigenvalue weighted by Crippen LogP contribution is 2.29. The summed E-state index contributed by atoms with van der Waals surface area (Å²) in [5.41, 5.74) is 2.03. The molecular formula is C13H17N3O2. The predicted molar refractivity (Wildman–Crippen MR) is 70.1 cm³/mol. The van der Waals surface area contributed by atoms with Crippen LogP contribution in [0.25, 0.3) is 0 Å². The molecule has 0 saturated carbocycles. The molecule has 1 heterocycles. The van der Waals surface area contributed by atoms with Crippen LogP contribution in [0.3, 0.4) is 0 Å². The summed E-state index contributed by atoms with van der Waals surface area (Å²) in [6.45, 7) is 0.694. The van der Waals surface area contributed by atoms with Gasteiger partial charge in [-0.15, -0.1) is 0 Å². The van der Waals surface area contributed by atoms with Crippen LogP contribution in [0.2, 0.25) is 0 Å². The van der Waals surface area contributed by atoms with Crippen molar-refractivity contribution >= 4 is 5.69 Å². The first-order valence-corrected chi connectivity index (χ1v) is 5.67. The average molecular weight is 247 g/mol. The van der Waals surface area contributed by atoms with Crippen molar-refractivity contribution in [3.63, 3.8) is 0 Å². The third-order valence-corrected chi connectivity index (χ3v) is 2.79. The van der Waals surface area contributed by atoms with Gasteiger partial charge in [-0.2, -0.15) is 5.10 Å². The number of hydrogen-bond donors (Lipinski definition) is 1. The highest BCUT2D eigenvalue weighted by molar-refractivity contribution is 5.59. The third kappa shape index (κ3) is 2.56. The normalized spacial score (nSPS) is 10.2. The zero-order valence-electron chi connectivity index (χ0n) is 10.8. The van der Waals surface area contributed by atoms with Gasteiger partial charge in [0.2, 0.25) is 0 Å². The zero-order chi connectivity index (χ0) is 13.0. The van der Waals surface area contributed by atoms with Crippen LogP contribution in [0.1, 0.15) is 5.69 Å². The van der Waals surface area contributed by atoms with Gasteiger partial charge in [0.1, 0.15) is 11.5 Å². The molecule has 96 valence electrons. The van der Waals surface area contributed by atoms with Crippen LogP contribution in [0, 0.1) is 0 Å². The maximum Gasteiger partial charge on any atom is 0.145 e. The molecule has 0 saturated heterocycles. The lowest BCUT2D eigenvalue weighted by molar-refractivity contribution is 0.395. The maximum absolute atomic E-state index is 5.32. The molecule has 0 aliphatic heterocycles. The first kappa shape index (κ1) is 12.3. The third-order valence-electron chi connectivity index (χ3n) is 2.79. The number of nitrogens with zero attached hydrogens (tertiary/aromatic N) is 2. The van der Waals surface area contributed by atoms with E-state index < -0.39 is 0 Å². The fourth-order valence-electron chi connectivity index (χ4n) is 1.71. The van der Waals surface area contributed by atoms with Gasteiger partial charge in [-0.25, -0.2) is 0 Å². The van der Waals surface area contributed by atoms with Crippen LogP contribution in [0.5, 0.6) is 11.5 Å². The molecule has 0 aliphatic carbocycles. The van der Waals surface area contributed by atoms with Crippen molar-refractivity contribution in [1.82, 2.24) is 9.78 Å². The average Bonchev–Trinajstić information content (AvgIpc) is 2.81. The molecule has 1 aromatic heterocycles. The van der Waals surface area contributed by atoms with E-state index in [0.717, 1.165) is 22.9 Å². The Bertz CT molecular complexity index is 523. The second kappa shape index (κ2) is 5.44. The monoisotopic (exact) mass is 247 g/mol. The van der Waals surface area contributed by atoms with E-state index in [0.29, 0.717) is 6.54 Å². The van der Waals surface area contributed by atoms with Gasteiger partial charge in [-0.1, -0.05) is 0 Å². The predicted octanol–water partition coefficient (Wildman–Crippen LogP) is 2.05. The smallest absolute Gasteiger partial charge is 0.145 e. The first-order chi connectivity index (χ1) is 8.74. The van der Waals surface area contributed by atoms with Gasteiger partial charge in [0.05, 0.1) is 32.1 Å². The molecule has 0 amide bonds. The van der Waals surface area contributed by atoms with Gasteiger partial charge in [-0.3, -0.25) is 4.68 Å². The molecule has 0 unspecified atom stereocenters. The maximum atomic E-state index is 5.32. The number of aromatic nitrogens is 2. The molecule has 1 aromatic carbocycles. The summed E-state index contributed by atoms with van der Waals surface area (Å²) < 4.78 is 12.3. The molecule has 0 atom stereocenters.